The number of aryl methyl sites for hydroxylation is 1. The van der Waals surface area contributed by atoms with Gasteiger partial charge >= 0.3 is 12.1 Å². The molecule has 216 valence electrons. The molecule has 0 amide bonds. The average molecular weight is 561 g/mol. The van der Waals surface area contributed by atoms with E-state index in [-0.39, 0.29) is 18.3 Å². The first-order valence-corrected chi connectivity index (χ1v) is 13.8. The number of piperidine rings is 1. The first-order chi connectivity index (χ1) is 19.1. The molecule has 1 aromatic heterocycles. The summed E-state index contributed by atoms with van der Waals surface area (Å²) in [5, 5.41) is 10.0. The van der Waals surface area contributed by atoms with Crippen LogP contribution < -0.4 is 4.74 Å². The zero-order valence-electron chi connectivity index (χ0n) is 22.7. The van der Waals surface area contributed by atoms with Gasteiger partial charge in [0.25, 0.3) is 0 Å². The van der Waals surface area contributed by atoms with E-state index in [1.165, 1.54) is 12.1 Å². The third kappa shape index (κ3) is 7.93. The molecule has 1 aliphatic heterocycles. The molecule has 0 saturated carbocycles. The second kappa shape index (κ2) is 13.4. The van der Waals surface area contributed by atoms with E-state index in [4.69, 9.17) is 4.74 Å². The van der Waals surface area contributed by atoms with Gasteiger partial charge in [0.2, 0.25) is 0 Å². The molecule has 4 rings (SSSR count). The number of benzene rings is 2. The monoisotopic (exact) mass is 560 g/mol. The summed E-state index contributed by atoms with van der Waals surface area (Å²) in [4.78, 5) is 18.0. The van der Waals surface area contributed by atoms with Gasteiger partial charge in [0.05, 0.1) is 18.2 Å². The van der Waals surface area contributed by atoms with Crippen molar-refractivity contribution in [1.29, 1.82) is 0 Å². The van der Waals surface area contributed by atoms with Gasteiger partial charge in [0.15, 0.2) is 0 Å². The Labute approximate surface area is 232 Å². The number of carboxylic acids is 1. The summed E-state index contributed by atoms with van der Waals surface area (Å²) in [6, 6.07) is 12.4. The maximum absolute atomic E-state index is 15.6. The van der Waals surface area contributed by atoms with Gasteiger partial charge in [0.1, 0.15) is 11.9 Å². The van der Waals surface area contributed by atoms with Crippen LogP contribution >= 0.6 is 0 Å². The fraction of sp³-hybridized carbons (Fsp3) is 0.484. The largest absolute Gasteiger partial charge is 0.497 e. The molecule has 40 heavy (non-hydrogen) atoms. The van der Waals surface area contributed by atoms with Gasteiger partial charge in [-0.2, -0.15) is 13.2 Å². The summed E-state index contributed by atoms with van der Waals surface area (Å²) >= 11 is 0. The minimum absolute atomic E-state index is 0.0778. The zero-order valence-corrected chi connectivity index (χ0v) is 22.7. The summed E-state index contributed by atoms with van der Waals surface area (Å²) in [7, 11) is 1.57. The first kappa shape index (κ1) is 29.8. The van der Waals surface area contributed by atoms with Crippen molar-refractivity contribution < 1.29 is 32.2 Å². The van der Waals surface area contributed by atoms with Crippen LogP contribution in [0.2, 0.25) is 0 Å². The molecule has 0 unspecified atom stereocenters. The third-order valence-electron chi connectivity index (χ3n) is 8.04. The summed E-state index contributed by atoms with van der Waals surface area (Å²) in [5.74, 6) is 0.191. The van der Waals surface area contributed by atoms with E-state index in [1.54, 1.807) is 25.4 Å². The van der Waals surface area contributed by atoms with Gasteiger partial charge < -0.3 is 14.7 Å². The van der Waals surface area contributed by atoms with Crippen LogP contribution in [0.25, 0.3) is 10.9 Å². The Morgan fingerprint density at radius 2 is 1.90 bits per heavy atom. The molecule has 0 spiro atoms. The second-order valence-electron chi connectivity index (χ2n) is 10.7. The lowest BCUT2D eigenvalue weighted by Crippen LogP contribution is -2.41. The van der Waals surface area contributed by atoms with E-state index in [1.807, 2.05) is 12.1 Å². The smallest absolute Gasteiger partial charge is 0.416 e. The fourth-order valence-electron chi connectivity index (χ4n) is 5.80. The summed E-state index contributed by atoms with van der Waals surface area (Å²) in [5.41, 5.74) is 1.52. The number of rotatable bonds is 12. The van der Waals surface area contributed by atoms with E-state index in [2.05, 4.69) is 9.88 Å². The first-order valence-electron chi connectivity index (χ1n) is 13.8. The normalized spacial score (nSPS) is 19.0. The van der Waals surface area contributed by atoms with E-state index >= 15 is 4.39 Å². The summed E-state index contributed by atoms with van der Waals surface area (Å²) < 4.78 is 59.3. The van der Waals surface area contributed by atoms with E-state index < -0.39 is 23.9 Å². The lowest BCUT2D eigenvalue weighted by Gasteiger charge is -2.39. The number of aromatic nitrogens is 1. The number of ether oxygens (including phenoxy) is 1. The van der Waals surface area contributed by atoms with Crippen LogP contribution in [0.1, 0.15) is 61.4 Å². The van der Waals surface area contributed by atoms with Crippen molar-refractivity contribution in [2.75, 3.05) is 26.7 Å². The highest BCUT2D eigenvalue weighted by Gasteiger charge is 2.31. The van der Waals surface area contributed by atoms with Crippen molar-refractivity contribution in [3.8, 4) is 5.75 Å². The molecule has 1 N–H and O–H groups in total. The van der Waals surface area contributed by atoms with Gasteiger partial charge in [0, 0.05) is 24.5 Å². The molecular formula is C31H36F4N2O3. The minimum atomic E-state index is -4.34. The molecule has 3 atom stereocenters. The van der Waals surface area contributed by atoms with Crippen molar-refractivity contribution in [3.63, 3.8) is 0 Å². The Hall–Kier alpha value is -3.20. The highest BCUT2D eigenvalue weighted by molar-refractivity contribution is 5.83. The molecule has 2 aromatic carbocycles. The predicted molar refractivity (Wildman–Crippen MR) is 146 cm³/mol. The molecule has 1 fully saturated rings. The van der Waals surface area contributed by atoms with Crippen molar-refractivity contribution in [2.24, 2.45) is 11.8 Å². The minimum Gasteiger partial charge on any atom is -0.497 e. The molecule has 0 bridgehead atoms. The Balaban J connectivity index is 1.33. The molecule has 1 saturated heterocycles. The Kier molecular flexibility index (Phi) is 10.0. The SMILES string of the molecule is COc1ccc2nccc([C@H](F)CC[C@@H]3CCN(CCCc4ccc(C(F)(F)F)cc4)C[C@H]3CCC(=O)O)c2c1. The van der Waals surface area contributed by atoms with E-state index in [9.17, 15) is 23.1 Å². The molecule has 9 heteroatoms. The molecule has 3 aromatic rings. The van der Waals surface area contributed by atoms with Crippen LogP contribution in [-0.4, -0.2) is 47.7 Å². The highest BCUT2D eigenvalue weighted by atomic mass is 19.4. The number of pyridine rings is 1. The van der Waals surface area contributed by atoms with Crippen LogP contribution in [0, 0.1) is 11.8 Å². The molecule has 1 aliphatic rings. The number of alkyl halides is 4. The van der Waals surface area contributed by atoms with Gasteiger partial charge in [-0.15, -0.1) is 0 Å². The fourth-order valence-corrected chi connectivity index (χ4v) is 5.80. The molecule has 0 radical (unpaired) electrons. The zero-order chi connectivity index (χ0) is 28.7. The number of fused-ring (bicyclic) bond motifs is 1. The number of nitrogens with zero attached hydrogens (tertiary/aromatic N) is 2. The summed E-state index contributed by atoms with van der Waals surface area (Å²) in [6.07, 6.45) is 0.0824. The molecule has 5 nitrogen and oxygen atoms in total. The standard InChI is InChI=1S/C31H36F4N2O3/c1-40-25-10-12-29-27(19-25)26(14-16-36-29)28(32)11-6-22-15-18-37(20-23(22)7-13-30(38)39)17-2-3-21-4-8-24(9-5-21)31(33,34)35/h4-5,8-10,12,14,16,19,22-23,28H,2-3,6-7,11,13,15,17-18,20H2,1H3,(H,38,39)/t22-,23-,28-/m1/s1. The maximum Gasteiger partial charge on any atom is 0.416 e. The average Bonchev–Trinajstić information content (AvgIpc) is 2.94. The van der Waals surface area contributed by atoms with E-state index in [0.29, 0.717) is 42.5 Å². The highest BCUT2D eigenvalue weighted by Crippen LogP contribution is 2.37. The molecular weight excluding hydrogens is 524 g/mol. The lowest BCUT2D eigenvalue weighted by atomic mass is 9.79. The van der Waals surface area contributed by atoms with Crippen LogP contribution in [0.15, 0.2) is 54.7 Å². The number of likely N-dealkylation sites (tertiary alicyclic amines) is 1. The number of carbonyl (C=O) groups is 1. The van der Waals surface area contributed by atoms with Crippen LogP contribution in [-0.2, 0) is 17.4 Å². The topological polar surface area (TPSA) is 62.7 Å². The van der Waals surface area contributed by atoms with Gasteiger partial charge in [-0.05, 0) is 111 Å². The summed E-state index contributed by atoms with van der Waals surface area (Å²) in [6.45, 7) is 2.37. The van der Waals surface area contributed by atoms with Gasteiger partial charge in [-0.25, -0.2) is 4.39 Å². The van der Waals surface area contributed by atoms with Crippen LogP contribution in [0.3, 0.4) is 0 Å². The van der Waals surface area contributed by atoms with Crippen LogP contribution in [0.4, 0.5) is 17.6 Å². The Morgan fingerprint density at radius 3 is 2.60 bits per heavy atom. The lowest BCUT2D eigenvalue weighted by molar-refractivity contribution is -0.138. The number of aliphatic carboxylic acids is 1. The van der Waals surface area contributed by atoms with Crippen molar-refractivity contribution >= 4 is 16.9 Å². The quantitative estimate of drug-likeness (QED) is 0.233. The maximum atomic E-state index is 15.6. The van der Waals surface area contributed by atoms with Crippen molar-refractivity contribution in [1.82, 2.24) is 9.88 Å². The third-order valence-corrected chi connectivity index (χ3v) is 8.04. The number of hydrogen-bond donors (Lipinski definition) is 1. The van der Waals surface area contributed by atoms with Crippen LogP contribution in [0.5, 0.6) is 5.75 Å². The number of hydrogen-bond acceptors (Lipinski definition) is 4. The van der Waals surface area contributed by atoms with E-state index in [0.717, 1.165) is 55.6 Å². The Morgan fingerprint density at radius 1 is 1.12 bits per heavy atom. The number of carboxylic acid groups (broad SMARTS) is 1. The number of halogens is 4. The predicted octanol–water partition coefficient (Wildman–Crippen LogP) is 7.49. The molecule has 0 aliphatic carbocycles. The van der Waals surface area contributed by atoms with Gasteiger partial charge in [-0.3, -0.25) is 9.78 Å². The molecule has 2 heterocycles. The van der Waals surface area contributed by atoms with Crippen molar-refractivity contribution in [3.05, 3.63) is 71.4 Å². The second-order valence-corrected chi connectivity index (χ2v) is 10.7. The van der Waals surface area contributed by atoms with Gasteiger partial charge in [-0.1, -0.05) is 12.1 Å². The number of methoxy groups -OCH3 is 1. The van der Waals surface area contributed by atoms with Crippen molar-refractivity contribution in [2.45, 2.75) is 57.3 Å². The Bertz CT molecular complexity index is 1270.